The molecule has 2 aliphatic carbocycles. The van der Waals surface area contributed by atoms with Crippen LogP contribution in [0.25, 0.3) is 0 Å². The van der Waals surface area contributed by atoms with Gasteiger partial charge in [0.05, 0.1) is 5.51 Å². The molecule has 1 N–H and O–H groups in total. The zero-order valence-corrected chi connectivity index (χ0v) is 13.0. The van der Waals surface area contributed by atoms with Crippen molar-refractivity contribution in [3.8, 4) is 0 Å². The lowest BCUT2D eigenvalue weighted by molar-refractivity contribution is 0.116. The summed E-state index contributed by atoms with van der Waals surface area (Å²) in [4.78, 5) is 5.71. The molecule has 3 heteroatoms. The first-order valence-electron chi connectivity index (χ1n) is 7.73. The molecule has 0 amide bonds. The summed E-state index contributed by atoms with van der Waals surface area (Å²) in [7, 11) is 0. The van der Waals surface area contributed by atoms with Gasteiger partial charge in [0.15, 0.2) is 0 Å². The van der Waals surface area contributed by atoms with Crippen molar-refractivity contribution in [2.45, 2.75) is 58.4 Å². The molecule has 2 nitrogen and oxygen atoms in total. The van der Waals surface area contributed by atoms with E-state index in [0.29, 0.717) is 5.41 Å². The lowest BCUT2D eigenvalue weighted by Crippen LogP contribution is -2.37. The summed E-state index contributed by atoms with van der Waals surface area (Å²) in [5.74, 6) is 1.71. The van der Waals surface area contributed by atoms with E-state index in [4.69, 9.17) is 0 Å². The largest absolute Gasteiger partial charge is 0.314 e. The van der Waals surface area contributed by atoms with Crippen LogP contribution in [-0.2, 0) is 6.42 Å². The Morgan fingerprint density at radius 3 is 2.84 bits per heavy atom. The molecule has 0 aromatic carbocycles. The maximum absolute atomic E-state index is 4.24. The molecule has 0 radical (unpaired) electrons. The first-order chi connectivity index (χ1) is 9.12. The number of nitrogens with zero attached hydrogens (tertiary/aromatic N) is 1. The molecule has 3 rings (SSSR count). The average Bonchev–Trinajstić information content (AvgIpc) is 3.04. The minimum atomic E-state index is 0.533. The average molecular weight is 278 g/mol. The van der Waals surface area contributed by atoms with Crippen LogP contribution in [0.3, 0.4) is 0 Å². The SMILES string of the molecule is CC1(C)CCC(CNC2CC2)C(Cc2cncs2)C1. The summed E-state index contributed by atoms with van der Waals surface area (Å²) in [5.41, 5.74) is 2.51. The number of thiazole rings is 1. The molecule has 0 saturated heterocycles. The zero-order chi connectivity index (χ0) is 13.3. The van der Waals surface area contributed by atoms with Gasteiger partial charge in [-0.05, 0) is 62.3 Å². The Hall–Kier alpha value is -0.410. The highest BCUT2D eigenvalue weighted by atomic mass is 32.1. The summed E-state index contributed by atoms with van der Waals surface area (Å²) in [5, 5.41) is 3.75. The molecular formula is C16H26N2S. The number of rotatable bonds is 5. The van der Waals surface area contributed by atoms with E-state index >= 15 is 0 Å². The molecule has 0 spiro atoms. The van der Waals surface area contributed by atoms with E-state index in [-0.39, 0.29) is 0 Å². The smallest absolute Gasteiger partial charge is 0.0794 e. The fraction of sp³-hybridized carbons (Fsp3) is 0.812. The highest BCUT2D eigenvalue weighted by molar-refractivity contribution is 7.09. The normalized spacial score (nSPS) is 30.4. The van der Waals surface area contributed by atoms with Crippen molar-refractivity contribution in [1.82, 2.24) is 10.3 Å². The summed E-state index contributed by atoms with van der Waals surface area (Å²) in [6.45, 7) is 6.12. The first kappa shape index (κ1) is 13.6. The predicted octanol–water partition coefficient (Wildman–Crippen LogP) is 3.88. The van der Waals surface area contributed by atoms with Gasteiger partial charge in [0.25, 0.3) is 0 Å². The molecule has 0 bridgehead atoms. The summed E-state index contributed by atoms with van der Waals surface area (Å²) in [6, 6.07) is 0.846. The van der Waals surface area contributed by atoms with Crippen LogP contribution in [0.15, 0.2) is 11.7 Å². The Kier molecular flexibility index (Phi) is 3.95. The van der Waals surface area contributed by atoms with Crippen LogP contribution in [0.1, 0.15) is 50.8 Å². The van der Waals surface area contributed by atoms with E-state index < -0.39 is 0 Å². The van der Waals surface area contributed by atoms with E-state index in [1.807, 2.05) is 16.8 Å². The molecule has 106 valence electrons. The number of aromatic nitrogens is 1. The van der Waals surface area contributed by atoms with Crippen molar-refractivity contribution < 1.29 is 0 Å². The molecular weight excluding hydrogens is 252 g/mol. The van der Waals surface area contributed by atoms with Crippen LogP contribution < -0.4 is 5.32 Å². The third-order valence-corrected chi connectivity index (χ3v) is 5.67. The van der Waals surface area contributed by atoms with E-state index in [1.54, 1.807) is 0 Å². The number of nitrogens with one attached hydrogen (secondary N) is 1. The zero-order valence-electron chi connectivity index (χ0n) is 12.2. The summed E-state index contributed by atoms with van der Waals surface area (Å²) in [6.07, 6.45) is 10.3. The van der Waals surface area contributed by atoms with Crippen molar-refractivity contribution in [1.29, 1.82) is 0 Å². The Labute approximate surface area is 121 Å². The third kappa shape index (κ3) is 3.79. The lowest BCUT2D eigenvalue weighted by atomic mass is 9.66. The summed E-state index contributed by atoms with van der Waals surface area (Å²) >= 11 is 1.82. The Morgan fingerprint density at radius 1 is 1.32 bits per heavy atom. The van der Waals surface area contributed by atoms with Crippen LogP contribution in [-0.4, -0.2) is 17.6 Å². The Bertz CT molecular complexity index is 393. The van der Waals surface area contributed by atoms with Crippen LogP contribution in [0.2, 0.25) is 0 Å². The van der Waals surface area contributed by atoms with E-state index in [1.165, 1.54) is 49.9 Å². The van der Waals surface area contributed by atoms with Gasteiger partial charge in [0.2, 0.25) is 0 Å². The van der Waals surface area contributed by atoms with E-state index in [2.05, 4.69) is 30.3 Å². The molecule has 1 aromatic rings. The van der Waals surface area contributed by atoms with E-state index in [9.17, 15) is 0 Å². The standard InChI is InChI=1S/C16H26N2S/c1-16(2)6-5-12(9-18-14-3-4-14)13(8-16)7-15-10-17-11-19-15/h10-14,18H,3-9H2,1-2H3. The molecule has 0 aliphatic heterocycles. The molecule has 2 aliphatic rings. The maximum atomic E-state index is 4.24. The molecule has 2 atom stereocenters. The molecule has 2 saturated carbocycles. The monoisotopic (exact) mass is 278 g/mol. The second kappa shape index (κ2) is 5.53. The van der Waals surface area contributed by atoms with Gasteiger partial charge in [-0.2, -0.15) is 0 Å². The van der Waals surface area contributed by atoms with Gasteiger partial charge in [-0.3, -0.25) is 4.98 Å². The van der Waals surface area contributed by atoms with Crippen LogP contribution >= 0.6 is 11.3 Å². The molecule has 1 aromatic heterocycles. The van der Waals surface area contributed by atoms with Gasteiger partial charge in [-0.15, -0.1) is 11.3 Å². The van der Waals surface area contributed by atoms with Crippen LogP contribution in [0, 0.1) is 17.3 Å². The van der Waals surface area contributed by atoms with E-state index in [0.717, 1.165) is 17.9 Å². The van der Waals surface area contributed by atoms with Gasteiger partial charge < -0.3 is 5.32 Å². The van der Waals surface area contributed by atoms with Crippen molar-refractivity contribution in [3.63, 3.8) is 0 Å². The second-order valence-corrected chi connectivity index (χ2v) is 8.25. The van der Waals surface area contributed by atoms with Gasteiger partial charge in [-0.1, -0.05) is 13.8 Å². The fourth-order valence-electron chi connectivity index (χ4n) is 3.50. The van der Waals surface area contributed by atoms with Crippen LogP contribution in [0.5, 0.6) is 0 Å². The fourth-order valence-corrected chi connectivity index (χ4v) is 4.19. The quantitative estimate of drug-likeness (QED) is 0.884. The van der Waals surface area contributed by atoms with Crippen molar-refractivity contribution in [3.05, 3.63) is 16.6 Å². The van der Waals surface area contributed by atoms with Crippen molar-refractivity contribution >= 4 is 11.3 Å². The topological polar surface area (TPSA) is 24.9 Å². The molecule has 19 heavy (non-hydrogen) atoms. The Balaban J connectivity index is 1.62. The van der Waals surface area contributed by atoms with Gasteiger partial charge in [-0.25, -0.2) is 0 Å². The van der Waals surface area contributed by atoms with Crippen LogP contribution in [0.4, 0.5) is 0 Å². The molecule has 1 heterocycles. The van der Waals surface area contributed by atoms with Gasteiger partial charge in [0, 0.05) is 17.1 Å². The summed E-state index contributed by atoms with van der Waals surface area (Å²) < 4.78 is 0. The van der Waals surface area contributed by atoms with Crippen molar-refractivity contribution in [2.75, 3.05) is 6.54 Å². The predicted molar refractivity (Wildman–Crippen MR) is 81.5 cm³/mol. The Morgan fingerprint density at radius 2 is 2.16 bits per heavy atom. The number of hydrogen-bond donors (Lipinski definition) is 1. The highest BCUT2D eigenvalue weighted by Gasteiger charge is 2.35. The number of hydrogen-bond acceptors (Lipinski definition) is 3. The third-order valence-electron chi connectivity index (χ3n) is 4.87. The molecule has 2 unspecified atom stereocenters. The van der Waals surface area contributed by atoms with Gasteiger partial charge in [0.1, 0.15) is 0 Å². The first-order valence-corrected chi connectivity index (χ1v) is 8.61. The maximum Gasteiger partial charge on any atom is 0.0794 e. The van der Waals surface area contributed by atoms with Crippen molar-refractivity contribution in [2.24, 2.45) is 17.3 Å². The minimum Gasteiger partial charge on any atom is -0.314 e. The second-order valence-electron chi connectivity index (χ2n) is 7.28. The minimum absolute atomic E-state index is 0.533. The molecule has 2 fully saturated rings. The highest BCUT2D eigenvalue weighted by Crippen LogP contribution is 2.43. The van der Waals surface area contributed by atoms with Gasteiger partial charge >= 0.3 is 0 Å². The lowest BCUT2D eigenvalue weighted by Gasteiger charge is -2.41.